The zero-order chi connectivity index (χ0) is 12.5. The number of unbranched alkanes of at least 4 members (excludes halogenated alkanes) is 1. The fraction of sp³-hybridized carbons (Fsp3) is 0.429. The standard InChI is InChI=1S/C14H18N2O/c1-2-3-11-16(14(17)9-10-15)12-13-7-5-4-6-8-13/h4-8H,2-3,9,11-12H2,1H3. The van der Waals surface area contributed by atoms with E-state index in [4.69, 9.17) is 5.26 Å². The largest absolute Gasteiger partial charge is 0.337 e. The number of nitrogens with zero attached hydrogens (tertiary/aromatic N) is 2. The van der Waals surface area contributed by atoms with Crippen LogP contribution in [0.1, 0.15) is 31.7 Å². The molecule has 0 unspecified atom stereocenters. The van der Waals surface area contributed by atoms with E-state index in [2.05, 4.69) is 6.92 Å². The van der Waals surface area contributed by atoms with Crippen molar-refractivity contribution >= 4 is 5.91 Å². The third kappa shape index (κ3) is 4.69. The van der Waals surface area contributed by atoms with Crippen LogP contribution in [-0.2, 0) is 11.3 Å². The van der Waals surface area contributed by atoms with Crippen molar-refractivity contribution in [2.75, 3.05) is 6.54 Å². The van der Waals surface area contributed by atoms with Crippen molar-refractivity contribution in [3.63, 3.8) is 0 Å². The Morgan fingerprint density at radius 2 is 2.06 bits per heavy atom. The minimum absolute atomic E-state index is 0.0312. The van der Waals surface area contributed by atoms with Crippen LogP contribution in [0.3, 0.4) is 0 Å². The lowest BCUT2D eigenvalue weighted by Crippen LogP contribution is -2.31. The number of carbonyl (C=O) groups is 1. The number of hydrogen-bond donors (Lipinski definition) is 0. The van der Waals surface area contributed by atoms with Gasteiger partial charge in [0.15, 0.2) is 0 Å². The highest BCUT2D eigenvalue weighted by Gasteiger charge is 2.12. The van der Waals surface area contributed by atoms with Gasteiger partial charge in [-0.15, -0.1) is 0 Å². The van der Waals surface area contributed by atoms with E-state index in [1.165, 1.54) is 0 Å². The highest BCUT2D eigenvalue weighted by Crippen LogP contribution is 2.07. The molecular formula is C14H18N2O. The Balaban J connectivity index is 2.63. The van der Waals surface area contributed by atoms with Gasteiger partial charge in [0.25, 0.3) is 0 Å². The summed E-state index contributed by atoms with van der Waals surface area (Å²) in [6.07, 6.45) is 1.99. The molecule has 1 rings (SSSR count). The maximum absolute atomic E-state index is 11.8. The average Bonchev–Trinajstić information content (AvgIpc) is 2.36. The molecule has 0 spiro atoms. The first-order valence-corrected chi connectivity index (χ1v) is 5.96. The third-order valence-electron chi connectivity index (χ3n) is 2.58. The average molecular weight is 230 g/mol. The fourth-order valence-electron chi connectivity index (χ4n) is 1.62. The lowest BCUT2D eigenvalue weighted by Gasteiger charge is -2.21. The van der Waals surface area contributed by atoms with Gasteiger partial charge in [0.2, 0.25) is 5.91 Å². The van der Waals surface area contributed by atoms with E-state index in [0.29, 0.717) is 6.54 Å². The molecule has 0 N–H and O–H groups in total. The van der Waals surface area contributed by atoms with Crippen molar-refractivity contribution in [1.29, 1.82) is 5.26 Å². The molecule has 0 saturated carbocycles. The predicted octanol–water partition coefficient (Wildman–Crippen LogP) is 2.73. The maximum Gasteiger partial charge on any atom is 0.237 e. The van der Waals surface area contributed by atoms with Gasteiger partial charge in [-0.1, -0.05) is 43.7 Å². The molecule has 0 heterocycles. The van der Waals surface area contributed by atoms with Crippen molar-refractivity contribution in [3.05, 3.63) is 35.9 Å². The highest BCUT2D eigenvalue weighted by atomic mass is 16.2. The van der Waals surface area contributed by atoms with Crippen LogP contribution in [-0.4, -0.2) is 17.4 Å². The van der Waals surface area contributed by atoms with E-state index >= 15 is 0 Å². The summed E-state index contributed by atoms with van der Waals surface area (Å²) in [7, 11) is 0. The molecule has 0 bridgehead atoms. The molecule has 0 saturated heterocycles. The second-order valence-corrected chi connectivity index (χ2v) is 3.99. The summed E-state index contributed by atoms with van der Waals surface area (Å²) in [4.78, 5) is 13.5. The van der Waals surface area contributed by atoms with Gasteiger partial charge in [-0.2, -0.15) is 5.26 Å². The van der Waals surface area contributed by atoms with Crippen LogP contribution >= 0.6 is 0 Å². The molecule has 1 amide bonds. The predicted molar refractivity (Wildman–Crippen MR) is 67.0 cm³/mol. The Bertz CT molecular complexity index is 381. The Kier molecular flexibility index (Phi) is 5.81. The Hall–Kier alpha value is -1.82. The molecule has 0 aliphatic carbocycles. The van der Waals surface area contributed by atoms with E-state index < -0.39 is 0 Å². The monoisotopic (exact) mass is 230 g/mol. The van der Waals surface area contributed by atoms with Gasteiger partial charge >= 0.3 is 0 Å². The van der Waals surface area contributed by atoms with E-state index in [0.717, 1.165) is 24.9 Å². The first-order valence-electron chi connectivity index (χ1n) is 5.96. The topological polar surface area (TPSA) is 44.1 Å². The first kappa shape index (κ1) is 13.2. The van der Waals surface area contributed by atoms with Gasteiger partial charge in [-0.25, -0.2) is 0 Å². The summed E-state index contributed by atoms with van der Waals surface area (Å²) in [6.45, 7) is 3.42. The molecule has 3 nitrogen and oxygen atoms in total. The number of nitriles is 1. The Labute approximate surface area is 103 Å². The zero-order valence-electron chi connectivity index (χ0n) is 10.2. The number of benzene rings is 1. The lowest BCUT2D eigenvalue weighted by molar-refractivity contribution is -0.130. The molecule has 0 atom stereocenters. The van der Waals surface area contributed by atoms with Gasteiger partial charge in [0, 0.05) is 13.1 Å². The van der Waals surface area contributed by atoms with Crippen molar-refractivity contribution < 1.29 is 4.79 Å². The van der Waals surface area contributed by atoms with E-state index in [9.17, 15) is 4.79 Å². The molecule has 1 aromatic rings. The summed E-state index contributed by atoms with van der Waals surface area (Å²) in [5.41, 5.74) is 1.11. The van der Waals surface area contributed by atoms with Gasteiger partial charge in [-0.3, -0.25) is 4.79 Å². The summed E-state index contributed by atoms with van der Waals surface area (Å²) < 4.78 is 0. The van der Waals surface area contributed by atoms with E-state index in [1.54, 1.807) is 4.90 Å². The summed E-state index contributed by atoms with van der Waals surface area (Å²) >= 11 is 0. The third-order valence-corrected chi connectivity index (χ3v) is 2.58. The summed E-state index contributed by atoms with van der Waals surface area (Å²) in [5.74, 6) is -0.0789. The van der Waals surface area contributed by atoms with Crippen molar-refractivity contribution in [2.24, 2.45) is 0 Å². The fourth-order valence-corrected chi connectivity index (χ4v) is 1.62. The van der Waals surface area contributed by atoms with Crippen LogP contribution in [0.2, 0.25) is 0 Å². The molecule has 0 aliphatic heterocycles. The molecule has 17 heavy (non-hydrogen) atoms. The highest BCUT2D eigenvalue weighted by molar-refractivity contribution is 5.78. The van der Waals surface area contributed by atoms with Crippen LogP contribution in [0.15, 0.2) is 30.3 Å². The normalized spacial score (nSPS) is 9.65. The zero-order valence-corrected chi connectivity index (χ0v) is 10.2. The molecule has 3 heteroatoms. The lowest BCUT2D eigenvalue weighted by atomic mass is 10.2. The second kappa shape index (κ2) is 7.45. The molecule has 0 aromatic heterocycles. The molecule has 0 fully saturated rings. The van der Waals surface area contributed by atoms with Crippen LogP contribution in [0.5, 0.6) is 0 Å². The minimum Gasteiger partial charge on any atom is -0.337 e. The molecular weight excluding hydrogens is 212 g/mol. The Morgan fingerprint density at radius 3 is 2.65 bits per heavy atom. The van der Waals surface area contributed by atoms with Gasteiger partial charge in [0.1, 0.15) is 6.42 Å². The van der Waals surface area contributed by atoms with E-state index in [-0.39, 0.29) is 12.3 Å². The molecule has 0 aliphatic rings. The minimum atomic E-state index is -0.0789. The first-order chi connectivity index (χ1) is 8.27. The van der Waals surface area contributed by atoms with E-state index in [1.807, 2.05) is 36.4 Å². The maximum atomic E-state index is 11.8. The van der Waals surface area contributed by atoms with Gasteiger partial charge < -0.3 is 4.90 Å². The SMILES string of the molecule is CCCCN(Cc1ccccc1)C(=O)CC#N. The number of amides is 1. The van der Waals surface area contributed by atoms with Gasteiger partial charge in [-0.05, 0) is 12.0 Å². The number of hydrogen-bond acceptors (Lipinski definition) is 2. The molecule has 1 aromatic carbocycles. The molecule has 90 valence electrons. The number of rotatable bonds is 6. The van der Waals surface area contributed by atoms with Crippen molar-refractivity contribution in [2.45, 2.75) is 32.7 Å². The van der Waals surface area contributed by atoms with Crippen LogP contribution in [0.25, 0.3) is 0 Å². The number of carbonyl (C=O) groups excluding carboxylic acids is 1. The van der Waals surface area contributed by atoms with Crippen LogP contribution in [0.4, 0.5) is 0 Å². The van der Waals surface area contributed by atoms with Crippen LogP contribution in [0, 0.1) is 11.3 Å². The summed E-state index contributed by atoms with van der Waals surface area (Å²) in [5, 5.41) is 8.58. The second-order valence-electron chi connectivity index (χ2n) is 3.99. The van der Waals surface area contributed by atoms with Crippen molar-refractivity contribution in [3.8, 4) is 6.07 Å². The van der Waals surface area contributed by atoms with Crippen molar-refractivity contribution in [1.82, 2.24) is 4.90 Å². The summed E-state index contributed by atoms with van der Waals surface area (Å²) in [6, 6.07) is 11.8. The molecule has 0 radical (unpaired) electrons. The quantitative estimate of drug-likeness (QED) is 0.754. The van der Waals surface area contributed by atoms with Gasteiger partial charge in [0.05, 0.1) is 6.07 Å². The Morgan fingerprint density at radius 1 is 1.35 bits per heavy atom. The van der Waals surface area contributed by atoms with Crippen LogP contribution < -0.4 is 0 Å². The smallest absolute Gasteiger partial charge is 0.237 e.